The standard InChI is InChI=1S/C28H23O2P/c1-18-13-14-24-22(15-18)26-23-16-19(2)17-25(27(23)30-28(26)29-24)31(20-9-5-3-6-10-20)21-11-7-4-8-12-21/h3-17,26,28H,1-2H3. The average Bonchev–Trinajstić information content (AvgIpc) is 3.32. The number of ether oxygens (including phenoxy) is 2. The van der Waals surface area contributed by atoms with Crippen LogP contribution in [0.2, 0.25) is 0 Å². The van der Waals surface area contributed by atoms with E-state index in [0.717, 1.165) is 11.5 Å². The van der Waals surface area contributed by atoms with Gasteiger partial charge in [0.2, 0.25) is 0 Å². The van der Waals surface area contributed by atoms with E-state index in [0.29, 0.717) is 0 Å². The Kier molecular flexibility index (Phi) is 4.37. The van der Waals surface area contributed by atoms with Gasteiger partial charge in [0.1, 0.15) is 11.5 Å². The predicted octanol–water partition coefficient (Wildman–Crippen LogP) is 5.30. The topological polar surface area (TPSA) is 18.5 Å². The number of fused-ring (bicyclic) bond motifs is 5. The molecule has 2 unspecified atom stereocenters. The van der Waals surface area contributed by atoms with Crippen LogP contribution in [0.4, 0.5) is 0 Å². The first-order valence-electron chi connectivity index (χ1n) is 10.7. The largest absolute Gasteiger partial charge is 0.454 e. The second kappa shape index (κ2) is 7.25. The number of rotatable bonds is 3. The van der Waals surface area contributed by atoms with Crippen LogP contribution in [-0.4, -0.2) is 6.29 Å². The molecule has 0 spiro atoms. The van der Waals surface area contributed by atoms with Crippen LogP contribution in [0, 0.1) is 13.8 Å². The van der Waals surface area contributed by atoms with Gasteiger partial charge in [-0.05, 0) is 50.1 Å². The quantitative estimate of drug-likeness (QED) is 0.417. The molecule has 2 heterocycles. The number of hydrogen-bond acceptors (Lipinski definition) is 2. The van der Waals surface area contributed by atoms with Crippen LogP contribution in [0.1, 0.15) is 28.2 Å². The lowest BCUT2D eigenvalue weighted by Crippen LogP contribution is -2.24. The molecule has 6 rings (SSSR count). The second-order valence-electron chi connectivity index (χ2n) is 8.33. The van der Waals surface area contributed by atoms with Crippen molar-refractivity contribution < 1.29 is 9.47 Å². The number of hydrogen-bond donors (Lipinski definition) is 0. The summed E-state index contributed by atoms with van der Waals surface area (Å²) in [6.45, 7) is 4.32. The van der Waals surface area contributed by atoms with E-state index in [1.54, 1.807) is 0 Å². The third kappa shape index (κ3) is 3.06. The first kappa shape index (κ1) is 18.7. The van der Waals surface area contributed by atoms with Crippen molar-refractivity contribution in [1.29, 1.82) is 0 Å². The normalized spacial score (nSPS) is 18.2. The highest BCUT2D eigenvalue weighted by atomic mass is 31.1. The van der Waals surface area contributed by atoms with E-state index in [1.165, 1.54) is 38.2 Å². The predicted molar refractivity (Wildman–Crippen MR) is 128 cm³/mol. The summed E-state index contributed by atoms with van der Waals surface area (Å²) in [4.78, 5) is 0. The molecule has 152 valence electrons. The first-order chi connectivity index (χ1) is 15.2. The van der Waals surface area contributed by atoms with Crippen molar-refractivity contribution in [2.75, 3.05) is 0 Å². The fourth-order valence-electron chi connectivity index (χ4n) is 4.77. The molecular formula is C28H23O2P. The molecule has 0 saturated heterocycles. The molecule has 0 fully saturated rings. The van der Waals surface area contributed by atoms with Crippen molar-refractivity contribution in [3.63, 3.8) is 0 Å². The molecule has 4 aromatic carbocycles. The lowest BCUT2D eigenvalue weighted by Gasteiger charge is -2.22. The number of aryl methyl sites for hydroxylation is 2. The zero-order valence-corrected chi connectivity index (χ0v) is 18.5. The molecule has 0 saturated carbocycles. The Bertz CT molecular complexity index is 1230. The van der Waals surface area contributed by atoms with E-state index in [4.69, 9.17) is 9.47 Å². The van der Waals surface area contributed by atoms with Crippen molar-refractivity contribution in [2.45, 2.75) is 26.1 Å². The van der Waals surface area contributed by atoms with E-state index >= 15 is 0 Å². The lowest BCUT2D eigenvalue weighted by atomic mass is 9.91. The molecule has 0 aromatic heterocycles. The summed E-state index contributed by atoms with van der Waals surface area (Å²) >= 11 is 0. The van der Waals surface area contributed by atoms with Gasteiger partial charge in [-0.1, -0.05) is 84.4 Å². The fourth-order valence-corrected chi connectivity index (χ4v) is 7.28. The van der Waals surface area contributed by atoms with Gasteiger partial charge in [0.15, 0.2) is 0 Å². The molecule has 31 heavy (non-hydrogen) atoms. The summed E-state index contributed by atoms with van der Waals surface area (Å²) in [5.74, 6) is 2.08. The van der Waals surface area contributed by atoms with E-state index in [2.05, 4.69) is 105 Å². The highest BCUT2D eigenvalue weighted by Crippen LogP contribution is 2.52. The van der Waals surface area contributed by atoms with Crippen LogP contribution in [-0.2, 0) is 0 Å². The van der Waals surface area contributed by atoms with Gasteiger partial charge in [0.05, 0.1) is 5.92 Å². The minimum atomic E-state index is -0.738. The molecular weight excluding hydrogens is 399 g/mol. The Hall–Kier alpha value is -3.09. The van der Waals surface area contributed by atoms with E-state index in [1.807, 2.05) is 0 Å². The van der Waals surface area contributed by atoms with Gasteiger partial charge in [-0.25, -0.2) is 0 Å². The molecule has 3 heteroatoms. The summed E-state index contributed by atoms with van der Waals surface area (Å²) in [6.07, 6.45) is -0.282. The monoisotopic (exact) mass is 422 g/mol. The molecule has 0 radical (unpaired) electrons. The zero-order chi connectivity index (χ0) is 20.9. The highest BCUT2D eigenvalue weighted by molar-refractivity contribution is 7.80. The van der Waals surface area contributed by atoms with Crippen LogP contribution in [0.25, 0.3) is 0 Å². The minimum absolute atomic E-state index is 0.131. The highest BCUT2D eigenvalue weighted by Gasteiger charge is 2.45. The van der Waals surface area contributed by atoms with Crippen molar-refractivity contribution in [1.82, 2.24) is 0 Å². The van der Waals surface area contributed by atoms with E-state index in [-0.39, 0.29) is 12.2 Å². The lowest BCUT2D eigenvalue weighted by molar-refractivity contribution is 0.0337. The molecule has 0 bridgehead atoms. The first-order valence-corrected chi connectivity index (χ1v) is 12.0. The Balaban J connectivity index is 1.56. The Morgan fingerprint density at radius 3 is 1.97 bits per heavy atom. The van der Waals surface area contributed by atoms with Crippen LogP contribution in [0.5, 0.6) is 11.5 Å². The Morgan fingerprint density at radius 2 is 1.29 bits per heavy atom. The van der Waals surface area contributed by atoms with Crippen LogP contribution in [0.3, 0.4) is 0 Å². The van der Waals surface area contributed by atoms with E-state index in [9.17, 15) is 0 Å². The van der Waals surface area contributed by atoms with Crippen molar-refractivity contribution >= 4 is 23.8 Å². The SMILES string of the molecule is Cc1ccc2c(c1)C1c3cc(C)cc(P(c4ccccc4)c4ccccc4)c3OC1O2. The Morgan fingerprint density at radius 1 is 0.645 bits per heavy atom. The smallest absolute Gasteiger partial charge is 0.252 e. The molecule has 2 aliphatic rings. The maximum absolute atomic E-state index is 6.56. The van der Waals surface area contributed by atoms with Gasteiger partial charge in [-0.15, -0.1) is 0 Å². The molecule has 4 aromatic rings. The zero-order valence-electron chi connectivity index (χ0n) is 17.6. The van der Waals surface area contributed by atoms with E-state index < -0.39 is 7.92 Å². The second-order valence-corrected chi connectivity index (χ2v) is 10.5. The van der Waals surface area contributed by atoms with Crippen LogP contribution < -0.4 is 25.4 Å². The Labute approximate surface area is 184 Å². The molecule has 2 atom stereocenters. The molecule has 0 amide bonds. The maximum atomic E-state index is 6.56. The minimum Gasteiger partial charge on any atom is -0.454 e. The average molecular weight is 422 g/mol. The van der Waals surface area contributed by atoms with Gasteiger partial charge >= 0.3 is 0 Å². The molecule has 2 nitrogen and oxygen atoms in total. The van der Waals surface area contributed by atoms with Gasteiger partial charge in [-0.3, -0.25) is 0 Å². The van der Waals surface area contributed by atoms with Gasteiger partial charge in [0.25, 0.3) is 6.29 Å². The van der Waals surface area contributed by atoms with Gasteiger partial charge in [0, 0.05) is 16.4 Å². The van der Waals surface area contributed by atoms with Crippen LogP contribution >= 0.6 is 7.92 Å². The number of benzene rings is 4. The van der Waals surface area contributed by atoms with Crippen molar-refractivity contribution in [2.24, 2.45) is 0 Å². The fraction of sp³-hybridized carbons (Fsp3) is 0.143. The molecule has 0 aliphatic carbocycles. The summed E-state index contributed by atoms with van der Waals surface area (Å²) < 4.78 is 12.8. The molecule has 0 N–H and O–H groups in total. The van der Waals surface area contributed by atoms with Crippen molar-refractivity contribution in [3.8, 4) is 11.5 Å². The summed E-state index contributed by atoms with van der Waals surface area (Å²) in [5.41, 5.74) is 5.01. The van der Waals surface area contributed by atoms with Gasteiger partial charge in [-0.2, -0.15) is 0 Å². The summed E-state index contributed by atoms with van der Waals surface area (Å²) in [7, 11) is -0.738. The van der Waals surface area contributed by atoms with Crippen molar-refractivity contribution in [3.05, 3.63) is 113 Å². The van der Waals surface area contributed by atoms with Gasteiger partial charge < -0.3 is 9.47 Å². The maximum Gasteiger partial charge on any atom is 0.252 e. The third-order valence-electron chi connectivity index (χ3n) is 6.10. The molecule has 2 aliphatic heterocycles. The summed E-state index contributed by atoms with van der Waals surface area (Å²) in [5, 5.41) is 3.93. The summed E-state index contributed by atoms with van der Waals surface area (Å²) in [6, 6.07) is 32.6. The van der Waals surface area contributed by atoms with Crippen LogP contribution in [0.15, 0.2) is 91.0 Å². The third-order valence-corrected chi connectivity index (χ3v) is 8.54.